The van der Waals surface area contributed by atoms with Gasteiger partial charge in [0, 0.05) is 18.6 Å². The zero-order chi connectivity index (χ0) is 14.0. The molecule has 2 rings (SSSR count). The summed E-state index contributed by atoms with van der Waals surface area (Å²) < 4.78 is 0. The maximum atomic E-state index is 12.2. The summed E-state index contributed by atoms with van der Waals surface area (Å²) in [6, 6.07) is 0.479. The molecule has 0 aromatic carbocycles. The molecule has 2 aliphatic rings. The number of rotatable bonds is 2. The number of hydrogen-bond donors (Lipinski definition) is 2. The highest BCUT2D eigenvalue weighted by molar-refractivity contribution is 5.75. The molecule has 5 nitrogen and oxygen atoms in total. The third-order valence-electron chi connectivity index (χ3n) is 4.45. The number of amides is 2. The van der Waals surface area contributed by atoms with Crippen LogP contribution in [0.2, 0.25) is 0 Å². The average molecular weight is 268 g/mol. The highest BCUT2D eigenvalue weighted by atomic mass is 16.4. The van der Waals surface area contributed by atoms with Gasteiger partial charge in [0.15, 0.2) is 0 Å². The van der Waals surface area contributed by atoms with Gasteiger partial charge in [0.2, 0.25) is 0 Å². The van der Waals surface area contributed by atoms with E-state index in [9.17, 15) is 9.59 Å². The lowest BCUT2D eigenvalue weighted by Crippen LogP contribution is -2.47. The van der Waals surface area contributed by atoms with Crippen LogP contribution in [0.15, 0.2) is 0 Å². The van der Waals surface area contributed by atoms with Crippen molar-refractivity contribution in [2.75, 3.05) is 6.54 Å². The topological polar surface area (TPSA) is 69.6 Å². The summed E-state index contributed by atoms with van der Waals surface area (Å²) >= 11 is 0. The molecule has 108 valence electrons. The summed E-state index contributed by atoms with van der Waals surface area (Å²) in [6.45, 7) is 5.09. The van der Waals surface area contributed by atoms with E-state index in [0.717, 1.165) is 25.8 Å². The molecule has 2 unspecified atom stereocenters. The number of nitrogens with one attached hydrogen (secondary N) is 1. The van der Waals surface area contributed by atoms with Gasteiger partial charge >= 0.3 is 12.0 Å². The van der Waals surface area contributed by atoms with E-state index in [0.29, 0.717) is 24.8 Å². The van der Waals surface area contributed by atoms with Crippen LogP contribution in [0.25, 0.3) is 0 Å². The monoisotopic (exact) mass is 268 g/mol. The van der Waals surface area contributed by atoms with Crippen molar-refractivity contribution in [2.24, 2.45) is 11.8 Å². The fourth-order valence-corrected chi connectivity index (χ4v) is 3.33. The molecule has 0 aromatic heterocycles. The molecule has 5 heteroatoms. The van der Waals surface area contributed by atoms with Gasteiger partial charge in [0.25, 0.3) is 0 Å². The molecule has 0 spiro atoms. The van der Waals surface area contributed by atoms with Crippen molar-refractivity contribution in [3.63, 3.8) is 0 Å². The van der Waals surface area contributed by atoms with Gasteiger partial charge in [-0.25, -0.2) is 4.79 Å². The Kier molecular flexibility index (Phi) is 4.32. The summed E-state index contributed by atoms with van der Waals surface area (Å²) in [6.07, 6.45) is 3.97. The Morgan fingerprint density at radius 1 is 1.16 bits per heavy atom. The van der Waals surface area contributed by atoms with Crippen molar-refractivity contribution >= 4 is 12.0 Å². The average Bonchev–Trinajstić information content (AvgIpc) is 2.69. The van der Waals surface area contributed by atoms with Crippen molar-refractivity contribution in [1.29, 1.82) is 0 Å². The minimum atomic E-state index is -0.702. The van der Waals surface area contributed by atoms with E-state index in [2.05, 4.69) is 19.2 Å². The molecule has 1 saturated carbocycles. The second kappa shape index (κ2) is 5.80. The van der Waals surface area contributed by atoms with Crippen molar-refractivity contribution in [1.82, 2.24) is 10.2 Å². The second-order valence-electron chi connectivity index (χ2n) is 6.18. The molecular weight excluding hydrogens is 244 g/mol. The smallest absolute Gasteiger partial charge is 0.317 e. The molecule has 19 heavy (non-hydrogen) atoms. The number of carbonyl (C=O) groups is 2. The number of hydrogen-bond acceptors (Lipinski definition) is 2. The van der Waals surface area contributed by atoms with Gasteiger partial charge in [-0.3, -0.25) is 4.79 Å². The van der Waals surface area contributed by atoms with E-state index in [1.165, 1.54) is 0 Å². The molecule has 0 radical (unpaired) electrons. The van der Waals surface area contributed by atoms with Gasteiger partial charge in [-0.1, -0.05) is 6.92 Å². The summed E-state index contributed by atoms with van der Waals surface area (Å²) in [5, 5.41) is 12.0. The molecule has 1 aliphatic heterocycles. The van der Waals surface area contributed by atoms with Gasteiger partial charge in [0.05, 0.1) is 5.92 Å². The van der Waals surface area contributed by atoms with Gasteiger partial charge in [-0.15, -0.1) is 0 Å². The lowest BCUT2D eigenvalue weighted by Gasteiger charge is -2.30. The van der Waals surface area contributed by atoms with Crippen LogP contribution in [0.1, 0.15) is 46.0 Å². The van der Waals surface area contributed by atoms with Gasteiger partial charge < -0.3 is 15.3 Å². The quantitative estimate of drug-likeness (QED) is 0.805. The minimum absolute atomic E-state index is 0.0237. The Morgan fingerprint density at radius 3 is 2.26 bits per heavy atom. The van der Waals surface area contributed by atoms with Gasteiger partial charge in [-0.05, 0) is 44.9 Å². The fraction of sp³-hybridized carbons (Fsp3) is 0.857. The summed E-state index contributed by atoms with van der Waals surface area (Å²) in [5.74, 6) is -0.353. The standard InChI is InChI=1S/C14H24N2O3/c1-9-7-10(2)16(8-9)14(19)15-12-5-3-11(4-6-12)13(17)18/h9-12H,3-8H2,1-2H3,(H,15,19)(H,17,18). The molecule has 2 fully saturated rings. The van der Waals surface area contributed by atoms with Crippen LogP contribution in [0, 0.1) is 11.8 Å². The normalized spacial score (nSPS) is 35.2. The number of aliphatic carboxylic acids is 1. The number of likely N-dealkylation sites (tertiary alicyclic amines) is 1. The first-order valence-electron chi connectivity index (χ1n) is 7.27. The maximum Gasteiger partial charge on any atom is 0.317 e. The Hall–Kier alpha value is -1.26. The zero-order valence-electron chi connectivity index (χ0n) is 11.8. The molecule has 0 bridgehead atoms. The first-order chi connectivity index (χ1) is 8.97. The van der Waals surface area contributed by atoms with E-state index >= 15 is 0 Å². The Bertz CT molecular complexity index is 351. The molecule has 2 N–H and O–H groups in total. The predicted octanol–water partition coefficient (Wildman–Crippen LogP) is 2.07. The number of nitrogens with zero attached hydrogens (tertiary/aromatic N) is 1. The van der Waals surface area contributed by atoms with Crippen LogP contribution in [-0.4, -0.2) is 40.6 Å². The largest absolute Gasteiger partial charge is 0.481 e. The van der Waals surface area contributed by atoms with E-state index in [1.807, 2.05) is 4.90 Å². The van der Waals surface area contributed by atoms with E-state index in [1.54, 1.807) is 0 Å². The molecular formula is C14H24N2O3. The minimum Gasteiger partial charge on any atom is -0.481 e. The van der Waals surface area contributed by atoms with Crippen molar-refractivity contribution in [2.45, 2.75) is 58.0 Å². The van der Waals surface area contributed by atoms with E-state index in [4.69, 9.17) is 5.11 Å². The third-order valence-corrected chi connectivity index (χ3v) is 4.45. The lowest BCUT2D eigenvalue weighted by atomic mass is 9.86. The predicted molar refractivity (Wildman–Crippen MR) is 71.9 cm³/mol. The second-order valence-corrected chi connectivity index (χ2v) is 6.18. The summed E-state index contributed by atoms with van der Waals surface area (Å²) in [7, 11) is 0. The molecule has 1 aliphatic carbocycles. The zero-order valence-corrected chi connectivity index (χ0v) is 11.8. The van der Waals surface area contributed by atoms with E-state index < -0.39 is 5.97 Å². The highest BCUT2D eigenvalue weighted by Gasteiger charge is 2.32. The van der Waals surface area contributed by atoms with Gasteiger partial charge in [-0.2, -0.15) is 0 Å². The Balaban J connectivity index is 1.79. The first-order valence-corrected chi connectivity index (χ1v) is 7.27. The van der Waals surface area contributed by atoms with Crippen LogP contribution in [0.4, 0.5) is 4.79 Å². The molecule has 0 aromatic rings. The van der Waals surface area contributed by atoms with E-state index in [-0.39, 0.29) is 18.0 Å². The van der Waals surface area contributed by atoms with Crippen molar-refractivity contribution in [3.05, 3.63) is 0 Å². The van der Waals surface area contributed by atoms with Crippen molar-refractivity contribution < 1.29 is 14.7 Å². The van der Waals surface area contributed by atoms with Crippen LogP contribution >= 0.6 is 0 Å². The SMILES string of the molecule is CC1CC(C)N(C(=O)NC2CCC(C(=O)O)CC2)C1. The fourth-order valence-electron chi connectivity index (χ4n) is 3.33. The number of urea groups is 1. The van der Waals surface area contributed by atoms with Gasteiger partial charge in [0.1, 0.15) is 0 Å². The maximum absolute atomic E-state index is 12.2. The number of carboxylic acids is 1. The molecule has 2 atom stereocenters. The summed E-state index contributed by atoms with van der Waals surface area (Å²) in [5.41, 5.74) is 0. The summed E-state index contributed by atoms with van der Waals surface area (Å²) in [4.78, 5) is 25.0. The van der Waals surface area contributed by atoms with Crippen LogP contribution in [0.5, 0.6) is 0 Å². The lowest BCUT2D eigenvalue weighted by molar-refractivity contribution is -0.142. The number of carboxylic acid groups (broad SMARTS) is 1. The first kappa shape index (κ1) is 14.2. The molecule has 1 saturated heterocycles. The molecule has 2 amide bonds. The molecule has 1 heterocycles. The Morgan fingerprint density at radius 2 is 1.79 bits per heavy atom. The Labute approximate surface area is 114 Å². The van der Waals surface area contributed by atoms with Crippen molar-refractivity contribution in [3.8, 4) is 0 Å². The van der Waals surface area contributed by atoms with Crippen LogP contribution in [0.3, 0.4) is 0 Å². The third kappa shape index (κ3) is 3.39. The number of carbonyl (C=O) groups excluding carboxylic acids is 1. The van der Waals surface area contributed by atoms with Crippen LogP contribution in [-0.2, 0) is 4.79 Å². The highest BCUT2D eigenvalue weighted by Crippen LogP contribution is 2.26. The van der Waals surface area contributed by atoms with Crippen LogP contribution < -0.4 is 5.32 Å².